The van der Waals surface area contributed by atoms with Crippen LogP contribution in [0, 0.1) is 0 Å². The summed E-state index contributed by atoms with van der Waals surface area (Å²) in [6.07, 6.45) is 0.0446. The molecule has 0 atom stereocenters. The smallest absolute Gasteiger partial charge is 0.306 e. The Morgan fingerprint density at radius 1 is 0.714 bits per heavy atom. The lowest BCUT2D eigenvalue weighted by Crippen LogP contribution is -2.33. The molecule has 0 aliphatic rings. The van der Waals surface area contributed by atoms with Crippen molar-refractivity contribution in [2.75, 3.05) is 27.4 Å². The minimum atomic E-state index is -1.03. The molecule has 0 aliphatic heterocycles. The first-order valence-electron chi connectivity index (χ1n) is 11.4. The number of hydrogen-bond acceptors (Lipinski definition) is 6. The van der Waals surface area contributed by atoms with Crippen LogP contribution < -0.4 is 9.47 Å². The van der Waals surface area contributed by atoms with Crippen LogP contribution in [0.1, 0.15) is 36.0 Å². The lowest BCUT2D eigenvalue weighted by molar-refractivity contribution is -0.148. The van der Waals surface area contributed by atoms with Crippen LogP contribution in [0.5, 0.6) is 11.5 Å². The highest BCUT2D eigenvalue weighted by molar-refractivity contribution is 5.76. The Labute approximate surface area is 205 Å². The fourth-order valence-electron chi connectivity index (χ4n) is 3.83. The van der Waals surface area contributed by atoms with Gasteiger partial charge in [0, 0.05) is 6.42 Å². The van der Waals surface area contributed by atoms with Crippen LogP contribution in [0.4, 0.5) is 0 Å². The molecule has 0 amide bonds. The SMILES string of the molecule is COc1ccc(C(OCCCOC(=O)CCC(=O)O)(c2ccccc2)c2ccc(OC)cc2)cc1. The number of rotatable bonds is 13. The van der Waals surface area contributed by atoms with Crippen LogP contribution in [0.15, 0.2) is 78.9 Å². The fourth-order valence-corrected chi connectivity index (χ4v) is 3.83. The minimum absolute atomic E-state index is 0.133. The number of esters is 1. The highest BCUT2D eigenvalue weighted by atomic mass is 16.5. The van der Waals surface area contributed by atoms with Gasteiger partial charge in [-0.3, -0.25) is 9.59 Å². The Balaban J connectivity index is 1.90. The van der Waals surface area contributed by atoms with Gasteiger partial charge >= 0.3 is 11.9 Å². The number of carbonyl (C=O) groups is 2. The number of carboxylic acid groups (broad SMARTS) is 1. The molecule has 0 fully saturated rings. The van der Waals surface area contributed by atoms with E-state index in [4.69, 9.17) is 24.1 Å². The van der Waals surface area contributed by atoms with Crippen molar-refractivity contribution in [1.29, 1.82) is 0 Å². The minimum Gasteiger partial charge on any atom is -0.497 e. The van der Waals surface area contributed by atoms with Crippen LogP contribution in [-0.2, 0) is 24.7 Å². The van der Waals surface area contributed by atoms with Crippen LogP contribution in [0.3, 0.4) is 0 Å². The molecule has 0 unspecified atom stereocenters. The number of hydrogen-bond donors (Lipinski definition) is 1. The third-order valence-corrected chi connectivity index (χ3v) is 5.59. The summed E-state index contributed by atoms with van der Waals surface area (Å²) in [5.41, 5.74) is 1.82. The number of carboxylic acids is 1. The first kappa shape index (κ1) is 25.8. The summed E-state index contributed by atoms with van der Waals surface area (Å²) in [5, 5.41) is 8.71. The molecule has 184 valence electrons. The second-order valence-corrected chi connectivity index (χ2v) is 7.82. The van der Waals surface area contributed by atoms with Gasteiger partial charge in [0.05, 0.1) is 40.3 Å². The summed E-state index contributed by atoms with van der Waals surface area (Å²) in [6, 6.07) is 25.4. The molecule has 0 radical (unpaired) electrons. The van der Waals surface area contributed by atoms with E-state index in [0.29, 0.717) is 13.0 Å². The van der Waals surface area contributed by atoms with E-state index in [1.54, 1.807) is 14.2 Å². The van der Waals surface area contributed by atoms with E-state index in [1.165, 1.54) is 0 Å². The zero-order valence-corrected chi connectivity index (χ0v) is 19.9. The highest BCUT2D eigenvalue weighted by Gasteiger charge is 2.37. The summed E-state index contributed by atoms with van der Waals surface area (Å²) >= 11 is 0. The summed E-state index contributed by atoms with van der Waals surface area (Å²) in [4.78, 5) is 22.4. The third kappa shape index (κ3) is 6.61. The number of benzene rings is 3. The zero-order valence-electron chi connectivity index (χ0n) is 19.9. The van der Waals surface area contributed by atoms with E-state index >= 15 is 0 Å². The quantitative estimate of drug-likeness (QED) is 0.214. The molecule has 0 aromatic heterocycles. The summed E-state index contributed by atoms with van der Waals surface area (Å²) in [5.74, 6) is -0.0959. The highest BCUT2D eigenvalue weighted by Crippen LogP contribution is 2.41. The maximum atomic E-state index is 11.7. The average molecular weight is 479 g/mol. The van der Waals surface area contributed by atoms with E-state index < -0.39 is 17.5 Å². The van der Waals surface area contributed by atoms with Gasteiger partial charge in [0.2, 0.25) is 0 Å². The normalized spacial score (nSPS) is 11.0. The van der Waals surface area contributed by atoms with Crippen molar-refractivity contribution in [3.05, 3.63) is 95.6 Å². The first-order chi connectivity index (χ1) is 17.0. The summed E-state index contributed by atoms with van der Waals surface area (Å²) in [7, 11) is 3.24. The topological polar surface area (TPSA) is 91.3 Å². The molecule has 35 heavy (non-hydrogen) atoms. The van der Waals surface area contributed by atoms with E-state index in [9.17, 15) is 9.59 Å². The van der Waals surface area contributed by atoms with Crippen molar-refractivity contribution < 1.29 is 33.6 Å². The molecule has 0 heterocycles. The van der Waals surface area contributed by atoms with Crippen LogP contribution in [0.25, 0.3) is 0 Å². The lowest BCUT2D eigenvalue weighted by Gasteiger charge is -2.36. The molecule has 0 saturated heterocycles. The van der Waals surface area contributed by atoms with Crippen molar-refractivity contribution in [3.63, 3.8) is 0 Å². The van der Waals surface area contributed by atoms with Gasteiger partial charge in [-0.1, -0.05) is 54.6 Å². The number of carbonyl (C=O) groups excluding carboxylic acids is 1. The van der Waals surface area contributed by atoms with Crippen molar-refractivity contribution >= 4 is 11.9 Å². The molecule has 0 bridgehead atoms. The standard InChI is InChI=1S/C28H30O7/c1-32-24-13-9-22(10-14-24)28(21-7-4-3-5-8-21,23-11-15-25(33-2)16-12-23)35-20-6-19-34-27(31)18-17-26(29)30/h3-5,7-16H,6,17-20H2,1-2H3,(H,29,30). The van der Waals surface area contributed by atoms with Gasteiger partial charge < -0.3 is 24.1 Å². The molecular weight excluding hydrogens is 448 g/mol. The Bertz CT molecular complexity index is 1030. The molecule has 3 rings (SSSR count). The molecule has 3 aromatic carbocycles. The van der Waals surface area contributed by atoms with Gasteiger partial charge in [-0.05, 0) is 41.0 Å². The van der Waals surface area contributed by atoms with Crippen molar-refractivity contribution in [3.8, 4) is 11.5 Å². The van der Waals surface area contributed by atoms with Crippen LogP contribution >= 0.6 is 0 Å². The van der Waals surface area contributed by atoms with Gasteiger partial charge in [-0.25, -0.2) is 0 Å². The van der Waals surface area contributed by atoms with Gasteiger partial charge in [0.15, 0.2) is 0 Å². The number of methoxy groups -OCH3 is 2. The predicted molar refractivity (Wildman–Crippen MR) is 131 cm³/mol. The Hall–Kier alpha value is -3.84. The van der Waals surface area contributed by atoms with E-state index in [1.807, 2.05) is 78.9 Å². The van der Waals surface area contributed by atoms with E-state index in [-0.39, 0.29) is 19.4 Å². The second kappa shape index (κ2) is 12.6. The average Bonchev–Trinajstić information content (AvgIpc) is 2.90. The maximum absolute atomic E-state index is 11.7. The molecule has 3 aromatic rings. The molecular formula is C28H30O7. The largest absolute Gasteiger partial charge is 0.497 e. The summed E-state index contributed by atoms with van der Waals surface area (Å²) < 4.78 is 22.5. The molecule has 1 N–H and O–H groups in total. The Morgan fingerprint density at radius 2 is 1.23 bits per heavy atom. The summed E-state index contributed by atoms with van der Waals surface area (Å²) in [6.45, 7) is 0.424. The molecule has 7 nitrogen and oxygen atoms in total. The van der Waals surface area contributed by atoms with Crippen molar-refractivity contribution in [2.24, 2.45) is 0 Å². The molecule has 0 saturated carbocycles. The molecule has 0 aliphatic carbocycles. The first-order valence-corrected chi connectivity index (χ1v) is 11.4. The van der Waals surface area contributed by atoms with Crippen molar-refractivity contribution in [1.82, 2.24) is 0 Å². The monoisotopic (exact) mass is 478 g/mol. The number of ether oxygens (including phenoxy) is 4. The zero-order chi connectivity index (χ0) is 25.1. The molecule has 7 heteroatoms. The van der Waals surface area contributed by atoms with Crippen LogP contribution in [0.2, 0.25) is 0 Å². The second-order valence-electron chi connectivity index (χ2n) is 7.82. The van der Waals surface area contributed by atoms with Crippen LogP contribution in [-0.4, -0.2) is 44.5 Å². The Morgan fingerprint density at radius 3 is 1.71 bits per heavy atom. The fraction of sp³-hybridized carbons (Fsp3) is 0.286. The maximum Gasteiger partial charge on any atom is 0.306 e. The predicted octanol–water partition coefficient (Wildman–Crippen LogP) is 4.81. The van der Waals surface area contributed by atoms with Gasteiger partial charge in [0.25, 0.3) is 0 Å². The molecule has 0 spiro atoms. The van der Waals surface area contributed by atoms with Gasteiger partial charge in [-0.15, -0.1) is 0 Å². The Kier molecular flexibility index (Phi) is 9.26. The van der Waals surface area contributed by atoms with E-state index in [2.05, 4.69) is 0 Å². The van der Waals surface area contributed by atoms with Gasteiger partial charge in [-0.2, -0.15) is 0 Å². The van der Waals surface area contributed by atoms with Crippen molar-refractivity contribution in [2.45, 2.75) is 24.9 Å². The van der Waals surface area contributed by atoms with E-state index in [0.717, 1.165) is 28.2 Å². The third-order valence-electron chi connectivity index (χ3n) is 5.59. The number of aliphatic carboxylic acids is 1. The van der Waals surface area contributed by atoms with Gasteiger partial charge in [0.1, 0.15) is 17.1 Å². The lowest BCUT2D eigenvalue weighted by atomic mass is 9.80.